The quantitative estimate of drug-likeness (QED) is 0.834. The maximum atomic E-state index is 12.9. The number of nitrogens with one attached hydrogen (secondary N) is 1. The Morgan fingerprint density at radius 3 is 2.94 bits per heavy atom. The van der Waals surface area contributed by atoms with E-state index in [1.54, 1.807) is 0 Å². The molecule has 0 aliphatic carbocycles. The maximum Gasteiger partial charge on any atom is 0.241 e. The first-order valence-corrected chi connectivity index (χ1v) is 5.34. The van der Waals surface area contributed by atoms with Crippen LogP contribution in [-0.2, 0) is 4.79 Å². The molecule has 0 aliphatic heterocycles. The Hall–Kier alpha value is -1.93. The molecule has 1 atom stereocenters. The van der Waals surface area contributed by atoms with Gasteiger partial charge in [-0.25, -0.2) is 4.39 Å². The number of hydrogen-bond donors (Lipinski definition) is 2. The number of nitrogens with two attached hydrogens (primary N) is 1. The van der Waals surface area contributed by atoms with Gasteiger partial charge in [0.2, 0.25) is 5.91 Å². The second-order valence-corrected chi connectivity index (χ2v) is 3.69. The molecular formula is C12H14FN3O. The van der Waals surface area contributed by atoms with E-state index < -0.39 is 11.9 Å². The van der Waals surface area contributed by atoms with Crippen molar-refractivity contribution in [1.29, 1.82) is 5.26 Å². The standard InChI is InChI=1S/C12H14FN3O/c1-2-3-10(15)12(17)16-11-5-4-9(13)6-8(11)7-14/h4-6,10H,2-3,15H2,1H3,(H,16,17). The Bertz CT molecular complexity index is 454. The fourth-order valence-corrected chi connectivity index (χ4v) is 1.39. The summed E-state index contributed by atoms with van der Waals surface area (Å²) in [6.45, 7) is 1.92. The van der Waals surface area contributed by atoms with Gasteiger partial charge in [-0.2, -0.15) is 5.26 Å². The van der Waals surface area contributed by atoms with Crippen LogP contribution in [0.3, 0.4) is 0 Å². The van der Waals surface area contributed by atoms with Gasteiger partial charge in [0.25, 0.3) is 0 Å². The molecule has 1 amide bonds. The third kappa shape index (κ3) is 3.54. The summed E-state index contributed by atoms with van der Waals surface area (Å²) in [6.07, 6.45) is 1.36. The molecule has 0 spiro atoms. The minimum absolute atomic E-state index is 0.0852. The number of carbonyl (C=O) groups is 1. The molecule has 0 aliphatic rings. The molecular weight excluding hydrogens is 221 g/mol. The molecule has 1 aromatic rings. The summed E-state index contributed by atoms with van der Waals surface area (Å²) in [7, 11) is 0. The van der Waals surface area contributed by atoms with E-state index in [4.69, 9.17) is 11.0 Å². The monoisotopic (exact) mass is 235 g/mol. The highest BCUT2D eigenvalue weighted by molar-refractivity contribution is 5.95. The van der Waals surface area contributed by atoms with Crippen molar-refractivity contribution in [3.8, 4) is 6.07 Å². The van der Waals surface area contributed by atoms with Gasteiger partial charge in [-0.05, 0) is 24.6 Å². The topological polar surface area (TPSA) is 78.9 Å². The van der Waals surface area contributed by atoms with Crippen LogP contribution < -0.4 is 11.1 Å². The van der Waals surface area contributed by atoms with Crippen LogP contribution >= 0.6 is 0 Å². The molecule has 0 radical (unpaired) electrons. The van der Waals surface area contributed by atoms with Gasteiger partial charge in [-0.3, -0.25) is 4.79 Å². The van der Waals surface area contributed by atoms with Crippen molar-refractivity contribution in [2.75, 3.05) is 5.32 Å². The zero-order chi connectivity index (χ0) is 12.8. The van der Waals surface area contributed by atoms with Crippen LogP contribution in [-0.4, -0.2) is 11.9 Å². The Morgan fingerprint density at radius 2 is 2.35 bits per heavy atom. The van der Waals surface area contributed by atoms with E-state index in [0.29, 0.717) is 6.42 Å². The molecule has 0 bridgehead atoms. The zero-order valence-corrected chi connectivity index (χ0v) is 9.53. The van der Waals surface area contributed by atoms with Gasteiger partial charge >= 0.3 is 0 Å². The van der Waals surface area contributed by atoms with Gasteiger partial charge in [0.15, 0.2) is 0 Å². The normalized spacial score (nSPS) is 11.6. The van der Waals surface area contributed by atoms with Gasteiger partial charge in [-0.1, -0.05) is 13.3 Å². The van der Waals surface area contributed by atoms with E-state index in [-0.39, 0.29) is 17.2 Å². The molecule has 1 aromatic carbocycles. The summed E-state index contributed by atoms with van der Waals surface area (Å²) in [5.41, 5.74) is 6.00. The maximum absolute atomic E-state index is 12.9. The SMILES string of the molecule is CCCC(N)C(=O)Nc1ccc(F)cc1C#N. The van der Waals surface area contributed by atoms with Gasteiger partial charge < -0.3 is 11.1 Å². The van der Waals surface area contributed by atoms with Crippen LogP contribution in [0.4, 0.5) is 10.1 Å². The van der Waals surface area contributed by atoms with Gasteiger partial charge in [0, 0.05) is 0 Å². The summed E-state index contributed by atoms with van der Waals surface area (Å²) < 4.78 is 12.9. The summed E-state index contributed by atoms with van der Waals surface area (Å²) in [5, 5.41) is 11.3. The largest absolute Gasteiger partial charge is 0.324 e. The molecule has 1 unspecified atom stereocenters. The molecule has 90 valence electrons. The predicted molar refractivity (Wildman–Crippen MR) is 62.6 cm³/mol. The zero-order valence-electron chi connectivity index (χ0n) is 9.53. The average Bonchev–Trinajstić information content (AvgIpc) is 2.31. The Labute approximate surface area is 99.2 Å². The first-order valence-electron chi connectivity index (χ1n) is 5.34. The van der Waals surface area contributed by atoms with Crippen molar-refractivity contribution in [3.05, 3.63) is 29.6 Å². The van der Waals surface area contributed by atoms with E-state index in [1.807, 2.05) is 13.0 Å². The summed E-state index contributed by atoms with van der Waals surface area (Å²) in [4.78, 5) is 11.6. The molecule has 0 heterocycles. The average molecular weight is 235 g/mol. The van der Waals surface area contributed by atoms with Crippen molar-refractivity contribution in [1.82, 2.24) is 0 Å². The Kier molecular flexibility index (Phi) is 4.61. The predicted octanol–water partition coefficient (Wildman–Crippen LogP) is 1.76. The van der Waals surface area contributed by atoms with E-state index >= 15 is 0 Å². The van der Waals surface area contributed by atoms with Crippen molar-refractivity contribution in [3.63, 3.8) is 0 Å². The minimum atomic E-state index is -0.614. The van der Waals surface area contributed by atoms with Crippen LogP contribution in [0, 0.1) is 17.1 Å². The van der Waals surface area contributed by atoms with Crippen LogP contribution in [0.15, 0.2) is 18.2 Å². The summed E-state index contributed by atoms with van der Waals surface area (Å²) in [6, 6.07) is 4.81. The molecule has 4 nitrogen and oxygen atoms in total. The molecule has 3 N–H and O–H groups in total. The van der Waals surface area contributed by atoms with Crippen LogP contribution in [0.5, 0.6) is 0 Å². The van der Waals surface area contributed by atoms with Gasteiger partial charge in [0.05, 0.1) is 17.3 Å². The number of amides is 1. The summed E-state index contributed by atoms with van der Waals surface area (Å²) >= 11 is 0. The first-order chi connectivity index (χ1) is 8.08. The van der Waals surface area contributed by atoms with Crippen LogP contribution in [0.1, 0.15) is 25.3 Å². The number of carbonyl (C=O) groups excluding carboxylic acids is 1. The number of halogens is 1. The summed E-state index contributed by atoms with van der Waals surface area (Å²) in [5.74, 6) is -0.882. The van der Waals surface area contributed by atoms with E-state index in [0.717, 1.165) is 12.5 Å². The fourth-order valence-electron chi connectivity index (χ4n) is 1.39. The second-order valence-electron chi connectivity index (χ2n) is 3.69. The highest BCUT2D eigenvalue weighted by Crippen LogP contribution is 2.16. The minimum Gasteiger partial charge on any atom is -0.324 e. The molecule has 0 saturated heterocycles. The highest BCUT2D eigenvalue weighted by atomic mass is 19.1. The number of nitriles is 1. The number of rotatable bonds is 4. The number of benzene rings is 1. The molecule has 0 aromatic heterocycles. The lowest BCUT2D eigenvalue weighted by molar-refractivity contribution is -0.117. The number of hydrogen-bond acceptors (Lipinski definition) is 3. The third-order valence-electron chi connectivity index (χ3n) is 2.30. The van der Waals surface area contributed by atoms with Gasteiger partial charge in [0.1, 0.15) is 11.9 Å². The van der Waals surface area contributed by atoms with Crippen molar-refractivity contribution >= 4 is 11.6 Å². The molecule has 1 rings (SSSR count). The van der Waals surface area contributed by atoms with E-state index in [1.165, 1.54) is 12.1 Å². The second kappa shape index (κ2) is 5.97. The third-order valence-corrected chi connectivity index (χ3v) is 2.30. The highest BCUT2D eigenvalue weighted by Gasteiger charge is 2.14. The van der Waals surface area contributed by atoms with Gasteiger partial charge in [-0.15, -0.1) is 0 Å². The van der Waals surface area contributed by atoms with Crippen molar-refractivity contribution in [2.45, 2.75) is 25.8 Å². The van der Waals surface area contributed by atoms with Crippen molar-refractivity contribution < 1.29 is 9.18 Å². The van der Waals surface area contributed by atoms with Crippen molar-refractivity contribution in [2.24, 2.45) is 5.73 Å². The lowest BCUT2D eigenvalue weighted by Gasteiger charge is -2.12. The fraction of sp³-hybridized carbons (Fsp3) is 0.333. The Morgan fingerprint density at radius 1 is 1.65 bits per heavy atom. The molecule has 0 fully saturated rings. The molecule has 17 heavy (non-hydrogen) atoms. The Balaban J connectivity index is 2.82. The molecule has 0 saturated carbocycles. The van der Waals surface area contributed by atoms with E-state index in [2.05, 4.69) is 5.32 Å². The lowest BCUT2D eigenvalue weighted by atomic mass is 10.1. The van der Waals surface area contributed by atoms with Crippen LogP contribution in [0.2, 0.25) is 0 Å². The van der Waals surface area contributed by atoms with E-state index in [9.17, 15) is 9.18 Å². The number of anilines is 1. The molecule has 5 heteroatoms. The smallest absolute Gasteiger partial charge is 0.241 e. The lowest BCUT2D eigenvalue weighted by Crippen LogP contribution is -2.35. The van der Waals surface area contributed by atoms with Crippen LogP contribution in [0.25, 0.3) is 0 Å². The number of nitrogens with zero attached hydrogens (tertiary/aromatic N) is 1. The first kappa shape index (κ1) is 13.1.